The van der Waals surface area contributed by atoms with Gasteiger partial charge < -0.3 is 14.4 Å². The summed E-state index contributed by atoms with van der Waals surface area (Å²) in [5.41, 5.74) is 0. The Morgan fingerprint density at radius 2 is 2.09 bits per heavy atom. The second-order valence-corrected chi connectivity index (χ2v) is 5.59. The monoisotopic (exact) mass is 298 g/mol. The fourth-order valence-electron chi connectivity index (χ4n) is 3.27. The highest BCUT2D eigenvalue weighted by atomic mass is 16.5. The van der Waals surface area contributed by atoms with E-state index in [1.807, 2.05) is 18.2 Å². The van der Waals surface area contributed by atoms with E-state index in [4.69, 9.17) is 9.47 Å². The minimum Gasteiger partial charge on any atom is -0.484 e. The van der Waals surface area contributed by atoms with E-state index >= 15 is 0 Å². The second-order valence-electron chi connectivity index (χ2n) is 5.59. The van der Waals surface area contributed by atoms with E-state index < -0.39 is 0 Å². The van der Waals surface area contributed by atoms with Crippen LogP contribution in [0.1, 0.15) is 12.8 Å². The predicted molar refractivity (Wildman–Crippen MR) is 80.8 cm³/mol. The molecule has 114 valence electrons. The summed E-state index contributed by atoms with van der Waals surface area (Å²) in [6.07, 6.45) is 9.19. The van der Waals surface area contributed by atoms with Gasteiger partial charge in [-0.1, -0.05) is 0 Å². The van der Waals surface area contributed by atoms with Crippen LogP contribution in [0.5, 0.6) is 5.75 Å². The highest BCUT2D eigenvalue weighted by Gasteiger charge is 2.46. The Hall–Kier alpha value is -2.21. The minimum absolute atomic E-state index is 0.0293. The molecular weight excluding hydrogens is 280 g/mol. The van der Waals surface area contributed by atoms with Crippen molar-refractivity contribution in [2.45, 2.75) is 31.1 Å². The van der Waals surface area contributed by atoms with E-state index in [9.17, 15) is 0 Å². The van der Waals surface area contributed by atoms with Gasteiger partial charge in [0, 0.05) is 25.2 Å². The fourth-order valence-corrected chi connectivity index (χ4v) is 3.27. The summed E-state index contributed by atoms with van der Waals surface area (Å²) in [5.74, 6) is 1.52. The summed E-state index contributed by atoms with van der Waals surface area (Å²) in [6.45, 7) is 1.52. The lowest BCUT2D eigenvalue weighted by molar-refractivity contribution is -0.0362. The molecule has 0 saturated carbocycles. The van der Waals surface area contributed by atoms with Gasteiger partial charge in [-0.25, -0.2) is 9.97 Å². The maximum Gasteiger partial charge on any atom is 0.225 e. The van der Waals surface area contributed by atoms with Crippen molar-refractivity contribution in [1.29, 1.82) is 0 Å². The van der Waals surface area contributed by atoms with Crippen LogP contribution in [0.25, 0.3) is 0 Å². The first-order valence-corrected chi connectivity index (χ1v) is 7.64. The van der Waals surface area contributed by atoms with Crippen LogP contribution in [0.3, 0.4) is 0 Å². The first-order valence-electron chi connectivity index (χ1n) is 7.64. The van der Waals surface area contributed by atoms with Crippen molar-refractivity contribution < 1.29 is 9.47 Å². The Morgan fingerprint density at radius 3 is 2.91 bits per heavy atom. The molecule has 6 heteroatoms. The Labute approximate surface area is 129 Å². The van der Waals surface area contributed by atoms with Gasteiger partial charge in [-0.2, -0.15) is 0 Å². The molecule has 3 atom stereocenters. The lowest BCUT2D eigenvalue weighted by atomic mass is 10.0. The smallest absolute Gasteiger partial charge is 0.225 e. The number of rotatable bonds is 3. The molecule has 4 rings (SSSR count). The van der Waals surface area contributed by atoms with Crippen molar-refractivity contribution in [2.24, 2.45) is 0 Å². The van der Waals surface area contributed by atoms with Gasteiger partial charge in [-0.05, 0) is 31.0 Å². The number of ether oxygens (including phenoxy) is 2. The van der Waals surface area contributed by atoms with E-state index in [2.05, 4.69) is 19.9 Å². The van der Waals surface area contributed by atoms with Crippen LogP contribution in [0.15, 0.2) is 43.0 Å². The molecule has 0 radical (unpaired) electrons. The summed E-state index contributed by atoms with van der Waals surface area (Å²) in [5, 5.41) is 0. The third kappa shape index (κ3) is 2.50. The maximum atomic E-state index is 6.11. The second kappa shape index (κ2) is 5.88. The third-order valence-corrected chi connectivity index (χ3v) is 4.21. The largest absolute Gasteiger partial charge is 0.484 e. The van der Waals surface area contributed by atoms with E-state index in [0.29, 0.717) is 0 Å². The van der Waals surface area contributed by atoms with Crippen molar-refractivity contribution in [3.63, 3.8) is 0 Å². The Balaban J connectivity index is 1.58. The molecule has 2 fully saturated rings. The van der Waals surface area contributed by atoms with Crippen LogP contribution in [-0.4, -0.2) is 46.4 Å². The zero-order valence-corrected chi connectivity index (χ0v) is 12.2. The van der Waals surface area contributed by atoms with E-state index in [1.165, 1.54) is 0 Å². The van der Waals surface area contributed by atoms with Crippen molar-refractivity contribution in [3.8, 4) is 5.75 Å². The van der Waals surface area contributed by atoms with Crippen LogP contribution in [0.2, 0.25) is 0 Å². The summed E-state index contributed by atoms with van der Waals surface area (Å²) < 4.78 is 12.1. The van der Waals surface area contributed by atoms with Gasteiger partial charge >= 0.3 is 0 Å². The molecule has 6 nitrogen and oxygen atoms in total. The molecule has 2 aliphatic rings. The average Bonchev–Trinajstić information content (AvgIpc) is 2.96. The number of nitrogens with zero attached hydrogens (tertiary/aromatic N) is 4. The molecule has 22 heavy (non-hydrogen) atoms. The molecule has 0 bridgehead atoms. The van der Waals surface area contributed by atoms with Gasteiger partial charge in [0.05, 0.1) is 18.8 Å². The number of anilines is 1. The topological polar surface area (TPSA) is 60.4 Å². The van der Waals surface area contributed by atoms with E-state index in [1.54, 1.807) is 24.8 Å². The Morgan fingerprint density at radius 1 is 1.18 bits per heavy atom. The van der Waals surface area contributed by atoms with Crippen molar-refractivity contribution in [1.82, 2.24) is 15.0 Å². The van der Waals surface area contributed by atoms with Crippen molar-refractivity contribution in [2.75, 3.05) is 18.1 Å². The van der Waals surface area contributed by atoms with Gasteiger partial charge in [-0.15, -0.1) is 0 Å². The van der Waals surface area contributed by atoms with Gasteiger partial charge in [-0.3, -0.25) is 4.98 Å². The maximum absolute atomic E-state index is 6.11. The molecule has 0 unspecified atom stereocenters. The molecule has 2 saturated heterocycles. The molecule has 2 aliphatic heterocycles. The third-order valence-electron chi connectivity index (χ3n) is 4.21. The molecule has 2 aromatic rings. The standard InChI is InChI=1S/C16H18N4O2/c1-4-12(10-17-6-1)22-14-11-20(16-18-7-3-8-19-16)13-5-2-9-21-15(13)14/h1,3-4,6-8,10,13-15H,2,5,9,11H2/t13-,14-,15+/m1/s1. The number of hydrogen-bond acceptors (Lipinski definition) is 6. The first-order chi connectivity index (χ1) is 10.9. The van der Waals surface area contributed by atoms with Crippen LogP contribution in [0.4, 0.5) is 5.95 Å². The molecule has 0 spiro atoms. The molecule has 0 N–H and O–H groups in total. The predicted octanol–water partition coefficient (Wildman–Crippen LogP) is 1.69. The van der Waals surface area contributed by atoms with Gasteiger partial charge in [0.15, 0.2) is 0 Å². The zero-order chi connectivity index (χ0) is 14.8. The number of pyridine rings is 1. The summed E-state index contributed by atoms with van der Waals surface area (Å²) in [4.78, 5) is 15.1. The Kier molecular flexibility index (Phi) is 3.60. The summed E-state index contributed by atoms with van der Waals surface area (Å²) in [7, 11) is 0. The molecular formula is C16H18N4O2. The normalized spacial score (nSPS) is 27.5. The molecule has 2 aromatic heterocycles. The van der Waals surface area contributed by atoms with Crippen LogP contribution in [-0.2, 0) is 4.74 Å². The zero-order valence-electron chi connectivity index (χ0n) is 12.2. The van der Waals surface area contributed by atoms with Gasteiger partial charge in [0.2, 0.25) is 5.95 Å². The Bertz CT molecular complexity index is 610. The van der Waals surface area contributed by atoms with E-state index in [0.717, 1.165) is 37.7 Å². The lowest BCUT2D eigenvalue weighted by Crippen LogP contribution is -2.43. The van der Waals surface area contributed by atoms with Crippen LogP contribution < -0.4 is 9.64 Å². The fraction of sp³-hybridized carbons (Fsp3) is 0.438. The summed E-state index contributed by atoms with van der Waals surface area (Å²) >= 11 is 0. The molecule has 4 heterocycles. The quantitative estimate of drug-likeness (QED) is 0.859. The van der Waals surface area contributed by atoms with Crippen LogP contribution in [0, 0.1) is 0 Å². The first kappa shape index (κ1) is 13.5. The van der Waals surface area contributed by atoms with Crippen LogP contribution >= 0.6 is 0 Å². The summed E-state index contributed by atoms with van der Waals surface area (Å²) in [6, 6.07) is 5.91. The number of hydrogen-bond donors (Lipinski definition) is 0. The van der Waals surface area contributed by atoms with Gasteiger partial charge in [0.1, 0.15) is 18.0 Å². The number of fused-ring (bicyclic) bond motifs is 1. The van der Waals surface area contributed by atoms with Crippen molar-refractivity contribution >= 4 is 5.95 Å². The average molecular weight is 298 g/mol. The molecule has 0 amide bonds. The lowest BCUT2D eigenvalue weighted by Gasteiger charge is -2.31. The van der Waals surface area contributed by atoms with E-state index in [-0.39, 0.29) is 18.2 Å². The molecule has 0 aromatic carbocycles. The highest BCUT2D eigenvalue weighted by Crippen LogP contribution is 2.33. The SMILES string of the molecule is c1cnc(N2C[C@@H](Oc3cccnc3)[C@H]3OCCC[C@H]32)nc1. The highest BCUT2D eigenvalue weighted by molar-refractivity contribution is 5.36. The van der Waals surface area contributed by atoms with Crippen molar-refractivity contribution in [3.05, 3.63) is 43.0 Å². The molecule has 0 aliphatic carbocycles. The number of aromatic nitrogens is 3. The minimum atomic E-state index is -0.0293. The van der Waals surface area contributed by atoms with Gasteiger partial charge in [0.25, 0.3) is 0 Å².